The van der Waals surface area contributed by atoms with Gasteiger partial charge in [0.2, 0.25) is 0 Å². The second kappa shape index (κ2) is 5.61. The predicted molar refractivity (Wildman–Crippen MR) is 77.6 cm³/mol. The summed E-state index contributed by atoms with van der Waals surface area (Å²) in [5, 5.41) is 8.93. The standard InChI is InChI=1S/C13H14N2O4S2/c1-9-14-15-13(20-9)8-21(16,17)10-3-4-11-12(7-10)19-6-2-5-18-11/h3-4,7H,2,5-6,8H2,1H3. The second-order valence-corrected chi connectivity index (χ2v) is 7.89. The van der Waals surface area contributed by atoms with Crippen LogP contribution in [0.1, 0.15) is 16.4 Å². The van der Waals surface area contributed by atoms with Gasteiger partial charge < -0.3 is 9.47 Å². The van der Waals surface area contributed by atoms with Crippen LogP contribution in [0.2, 0.25) is 0 Å². The van der Waals surface area contributed by atoms with Gasteiger partial charge in [0.05, 0.1) is 18.1 Å². The van der Waals surface area contributed by atoms with Crippen LogP contribution in [0.3, 0.4) is 0 Å². The summed E-state index contributed by atoms with van der Waals surface area (Å²) in [5.74, 6) is 0.901. The van der Waals surface area contributed by atoms with Gasteiger partial charge >= 0.3 is 0 Å². The molecule has 0 spiro atoms. The van der Waals surface area contributed by atoms with E-state index in [9.17, 15) is 8.42 Å². The van der Waals surface area contributed by atoms with E-state index in [4.69, 9.17) is 9.47 Å². The summed E-state index contributed by atoms with van der Waals surface area (Å²) >= 11 is 1.28. The van der Waals surface area contributed by atoms with E-state index in [1.807, 2.05) is 0 Å². The fraction of sp³-hybridized carbons (Fsp3) is 0.385. The van der Waals surface area contributed by atoms with Crippen LogP contribution in [0, 0.1) is 6.92 Å². The van der Waals surface area contributed by atoms with E-state index >= 15 is 0 Å². The maximum atomic E-state index is 12.4. The van der Waals surface area contributed by atoms with Crippen LogP contribution in [-0.2, 0) is 15.6 Å². The fourth-order valence-electron chi connectivity index (χ4n) is 1.98. The summed E-state index contributed by atoms with van der Waals surface area (Å²) in [6, 6.07) is 4.69. The molecule has 0 atom stereocenters. The van der Waals surface area contributed by atoms with Crippen LogP contribution in [0.15, 0.2) is 23.1 Å². The van der Waals surface area contributed by atoms with Crippen molar-refractivity contribution in [3.05, 3.63) is 28.2 Å². The van der Waals surface area contributed by atoms with Crippen molar-refractivity contribution in [2.45, 2.75) is 24.0 Å². The highest BCUT2D eigenvalue weighted by Crippen LogP contribution is 2.32. The van der Waals surface area contributed by atoms with Crippen molar-refractivity contribution < 1.29 is 17.9 Å². The zero-order valence-electron chi connectivity index (χ0n) is 11.4. The summed E-state index contributed by atoms with van der Waals surface area (Å²) < 4.78 is 35.9. The Labute approximate surface area is 126 Å². The molecule has 0 unspecified atom stereocenters. The molecule has 2 aromatic rings. The van der Waals surface area contributed by atoms with Crippen LogP contribution in [0.4, 0.5) is 0 Å². The highest BCUT2D eigenvalue weighted by molar-refractivity contribution is 7.90. The van der Waals surface area contributed by atoms with E-state index in [0.717, 1.165) is 11.4 Å². The van der Waals surface area contributed by atoms with Crippen molar-refractivity contribution in [3.8, 4) is 11.5 Å². The molecule has 1 aliphatic heterocycles. The van der Waals surface area contributed by atoms with Crippen LogP contribution >= 0.6 is 11.3 Å². The third-order valence-electron chi connectivity index (χ3n) is 2.96. The Kier molecular flexibility index (Phi) is 3.81. The first-order valence-corrected chi connectivity index (χ1v) is 8.93. The lowest BCUT2D eigenvalue weighted by Gasteiger charge is -2.09. The summed E-state index contributed by atoms with van der Waals surface area (Å²) in [6.45, 7) is 2.89. The average molecular weight is 326 g/mol. The summed E-state index contributed by atoms with van der Waals surface area (Å²) in [4.78, 5) is 0.208. The minimum absolute atomic E-state index is 0.155. The van der Waals surface area contributed by atoms with E-state index in [2.05, 4.69) is 10.2 Å². The number of aromatic nitrogens is 2. The van der Waals surface area contributed by atoms with Gasteiger partial charge in [-0.15, -0.1) is 21.5 Å². The molecule has 1 aromatic carbocycles. The average Bonchev–Trinajstić information content (AvgIpc) is 2.72. The second-order valence-electron chi connectivity index (χ2n) is 4.63. The first kappa shape index (κ1) is 14.3. The third-order valence-corrected chi connectivity index (χ3v) is 5.61. The van der Waals surface area contributed by atoms with Gasteiger partial charge in [0.1, 0.15) is 15.8 Å². The van der Waals surface area contributed by atoms with Gasteiger partial charge in [-0.2, -0.15) is 0 Å². The smallest absolute Gasteiger partial charge is 0.185 e. The normalized spacial score (nSPS) is 14.7. The molecule has 0 bridgehead atoms. The maximum Gasteiger partial charge on any atom is 0.185 e. The Hall–Kier alpha value is -1.67. The third kappa shape index (κ3) is 3.16. The maximum absolute atomic E-state index is 12.4. The van der Waals surface area contributed by atoms with Crippen molar-refractivity contribution >= 4 is 21.2 Å². The lowest BCUT2D eigenvalue weighted by molar-refractivity contribution is 0.297. The van der Waals surface area contributed by atoms with Gasteiger partial charge in [0, 0.05) is 12.5 Å². The van der Waals surface area contributed by atoms with E-state index in [1.54, 1.807) is 13.0 Å². The highest BCUT2D eigenvalue weighted by Gasteiger charge is 2.21. The molecule has 3 rings (SSSR count). The molecule has 0 saturated carbocycles. The summed E-state index contributed by atoms with van der Waals surface area (Å²) in [7, 11) is -3.47. The van der Waals surface area contributed by atoms with E-state index in [1.165, 1.54) is 23.5 Å². The van der Waals surface area contributed by atoms with Gasteiger partial charge in [-0.1, -0.05) is 0 Å². The minimum Gasteiger partial charge on any atom is -0.490 e. The predicted octanol–water partition coefficient (Wildman–Crippen LogP) is 1.98. The van der Waals surface area contributed by atoms with Gasteiger partial charge in [0.15, 0.2) is 21.3 Å². The molecule has 0 saturated heterocycles. The number of sulfone groups is 1. The Morgan fingerprint density at radius 1 is 1.19 bits per heavy atom. The zero-order valence-corrected chi connectivity index (χ0v) is 13.0. The number of aryl methyl sites for hydroxylation is 1. The first-order chi connectivity index (χ1) is 10.0. The fourth-order valence-corrected chi connectivity index (χ4v) is 4.30. The van der Waals surface area contributed by atoms with Crippen molar-refractivity contribution in [3.63, 3.8) is 0 Å². The molecule has 0 aliphatic carbocycles. The van der Waals surface area contributed by atoms with Crippen LogP contribution in [0.25, 0.3) is 0 Å². The van der Waals surface area contributed by atoms with Crippen LogP contribution < -0.4 is 9.47 Å². The van der Waals surface area contributed by atoms with Crippen LogP contribution in [0.5, 0.6) is 11.5 Å². The van der Waals surface area contributed by atoms with Crippen molar-refractivity contribution in [2.24, 2.45) is 0 Å². The first-order valence-electron chi connectivity index (χ1n) is 6.46. The Balaban J connectivity index is 1.90. The monoisotopic (exact) mass is 326 g/mol. The van der Waals surface area contributed by atoms with E-state index < -0.39 is 9.84 Å². The van der Waals surface area contributed by atoms with Crippen molar-refractivity contribution in [2.75, 3.05) is 13.2 Å². The van der Waals surface area contributed by atoms with Gasteiger partial charge in [-0.3, -0.25) is 0 Å². The molecule has 1 aromatic heterocycles. The number of hydrogen-bond acceptors (Lipinski definition) is 7. The minimum atomic E-state index is -3.47. The lowest BCUT2D eigenvalue weighted by Crippen LogP contribution is -2.05. The molecule has 21 heavy (non-hydrogen) atoms. The molecule has 0 amide bonds. The molecule has 2 heterocycles. The quantitative estimate of drug-likeness (QED) is 0.858. The lowest BCUT2D eigenvalue weighted by atomic mass is 10.3. The molecule has 0 N–H and O–H groups in total. The molecule has 6 nitrogen and oxygen atoms in total. The largest absolute Gasteiger partial charge is 0.490 e. The SMILES string of the molecule is Cc1nnc(CS(=O)(=O)c2ccc3c(c2)OCCCO3)s1. The molecule has 8 heteroatoms. The van der Waals surface area contributed by atoms with E-state index in [0.29, 0.717) is 29.7 Å². The van der Waals surface area contributed by atoms with E-state index in [-0.39, 0.29) is 10.6 Å². The summed E-state index contributed by atoms with van der Waals surface area (Å²) in [5.41, 5.74) is 0. The van der Waals surface area contributed by atoms with Gasteiger partial charge in [-0.25, -0.2) is 8.42 Å². The zero-order chi connectivity index (χ0) is 14.9. The number of rotatable bonds is 3. The van der Waals surface area contributed by atoms with Crippen molar-refractivity contribution in [1.29, 1.82) is 0 Å². The molecule has 112 valence electrons. The van der Waals surface area contributed by atoms with Crippen molar-refractivity contribution in [1.82, 2.24) is 10.2 Å². The Bertz CT molecular complexity index is 755. The Morgan fingerprint density at radius 3 is 2.67 bits per heavy atom. The number of benzene rings is 1. The number of ether oxygens (including phenoxy) is 2. The molecular weight excluding hydrogens is 312 g/mol. The van der Waals surface area contributed by atoms with Crippen LogP contribution in [-0.4, -0.2) is 31.8 Å². The molecule has 0 fully saturated rings. The van der Waals surface area contributed by atoms with Gasteiger partial charge in [-0.05, 0) is 19.1 Å². The number of hydrogen-bond donors (Lipinski definition) is 0. The molecular formula is C13H14N2O4S2. The summed E-state index contributed by atoms with van der Waals surface area (Å²) in [6.07, 6.45) is 0.779. The van der Waals surface area contributed by atoms with Gasteiger partial charge in [0.25, 0.3) is 0 Å². The number of fused-ring (bicyclic) bond motifs is 1. The molecule has 0 radical (unpaired) electrons. The topological polar surface area (TPSA) is 78.4 Å². The number of nitrogens with zero attached hydrogens (tertiary/aromatic N) is 2. The molecule has 1 aliphatic rings. The Morgan fingerprint density at radius 2 is 1.95 bits per heavy atom. The highest BCUT2D eigenvalue weighted by atomic mass is 32.2.